The zero-order valence-electron chi connectivity index (χ0n) is 9.18. The van der Waals surface area contributed by atoms with Crippen LogP contribution in [0.3, 0.4) is 0 Å². The number of hydrogen-bond acceptors (Lipinski definition) is 4. The van der Waals surface area contributed by atoms with E-state index < -0.39 is 0 Å². The highest BCUT2D eigenvalue weighted by Crippen LogP contribution is 2.26. The summed E-state index contributed by atoms with van der Waals surface area (Å²) in [7, 11) is 0. The summed E-state index contributed by atoms with van der Waals surface area (Å²) < 4.78 is 0. The molecule has 5 heteroatoms. The molecule has 3 rings (SSSR count). The molecule has 0 bridgehead atoms. The molecule has 17 heavy (non-hydrogen) atoms. The van der Waals surface area contributed by atoms with Crippen molar-refractivity contribution in [2.24, 2.45) is 0 Å². The van der Waals surface area contributed by atoms with Crippen LogP contribution in [-0.2, 0) is 0 Å². The summed E-state index contributed by atoms with van der Waals surface area (Å²) in [5, 5.41) is 9.70. The summed E-state index contributed by atoms with van der Waals surface area (Å²) in [6.07, 6.45) is 4.77. The third-order valence-corrected chi connectivity index (χ3v) is 2.53. The molecule has 0 aliphatic carbocycles. The molecule has 84 valence electrons. The fourth-order valence-corrected chi connectivity index (χ4v) is 1.72. The van der Waals surface area contributed by atoms with Crippen LogP contribution in [0.2, 0.25) is 0 Å². The van der Waals surface area contributed by atoms with Crippen molar-refractivity contribution in [1.82, 2.24) is 19.9 Å². The second kappa shape index (κ2) is 3.55. The van der Waals surface area contributed by atoms with Crippen LogP contribution in [0.5, 0.6) is 5.75 Å². The van der Waals surface area contributed by atoms with Crippen LogP contribution in [0.4, 0.5) is 0 Å². The highest BCUT2D eigenvalue weighted by Gasteiger charge is 2.09. The van der Waals surface area contributed by atoms with Crippen molar-refractivity contribution in [2.45, 2.75) is 6.92 Å². The first-order valence-electron chi connectivity index (χ1n) is 5.20. The molecule has 0 aliphatic heterocycles. The van der Waals surface area contributed by atoms with Crippen LogP contribution >= 0.6 is 0 Å². The molecule has 2 N–H and O–H groups in total. The summed E-state index contributed by atoms with van der Waals surface area (Å²) in [5.74, 6) is 0.696. The van der Waals surface area contributed by atoms with Gasteiger partial charge < -0.3 is 10.1 Å². The Morgan fingerprint density at radius 2 is 2.18 bits per heavy atom. The van der Waals surface area contributed by atoms with Crippen molar-refractivity contribution in [3.05, 3.63) is 36.3 Å². The molecule has 0 radical (unpaired) electrons. The number of aryl methyl sites for hydroxylation is 1. The van der Waals surface area contributed by atoms with Gasteiger partial charge in [0.25, 0.3) is 0 Å². The van der Waals surface area contributed by atoms with Crippen LogP contribution in [0.15, 0.2) is 30.7 Å². The number of aromatic nitrogens is 4. The lowest BCUT2D eigenvalue weighted by atomic mass is 10.2. The molecule has 0 unspecified atom stereocenters. The minimum Gasteiger partial charge on any atom is -0.506 e. The van der Waals surface area contributed by atoms with E-state index in [-0.39, 0.29) is 5.75 Å². The third kappa shape index (κ3) is 1.61. The lowest BCUT2D eigenvalue weighted by molar-refractivity contribution is 0.474. The van der Waals surface area contributed by atoms with Crippen molar-refractivity contribution >= 4 is 11.2 Å². The first-order chi connectivity index (χ1) is 8.24. The monoisotopic (exact) mass is 226 g/mol. The summed E-state index contributed by atoms with van der Waals surface area (Å²) in [6.45, 7) is 1.97. The van der Waals surface area contributed by atoms with Gasteiger partial charge in [-0.2, -0.15) is 0 Å². The molecular weight excluding hydrogens is 216 g/mol. The Kier molecular flexibility index (Phi) is 2.04. The van der Waals surface area contributed by atoms with E-state index in [1.165, 1.54) is 6.20 Å². The molecule has 3 aromatic rings. The lowest BCUT2D eigenvalue weighted by Crippen LogP contribution is -1.82. The zero-order valence-corrected chi connectivity index (χ0v) is 9.18. The number of pyridine rings is 2. The van der Waals surface area contributed by atoms with Gasteiger partial charge in [-0.25, -0.2) is 9.97 Å². The molecule has 0 fully saturated rings. The van der Waals surface area contributed by atoms with Gasteiger partial charge in [0.15, 0.2) is 5.65 Å². The van der Waals surface area contributed by atoms with Gasteiger partial charge in [-0.15, -0.1) is 0 Å². The highest BCUT2D eigenvalue weighted by atomic mass is 16.3. The van der Waals surface area contributed by atoms with E-state index in [9.17, 15) is 5.11 Å². The van der Waals surface area contributed by atoms with E-state index in [0.29, 0.717) is 17.0 Å². The molecule has 0 saturated heterocycles. The topological polar surface area (TPSA) is 74.7 Å². The molecule has 3 heterocycles. The number of aromatic amines is 1. The molecule has 0 aliphatic rings. The van der Waals surface area contributed by atoms with E-state index in [4.69, 9.17) is 0 Å². The Balaban J connectivity index is 2.22. The fourth-order valence-electron chi connectivity index (χ4n) is 1.72. The van der Waals surface area contributed by atoms with E-state index >= 15 is 0 Å². The van der Waals surface area contributed by atoms with Gasteiger partial charge in [0.1, 0.15) is 11.6 Å². The quantitative estimate of drug-likeness (QED) is 0.665. The molecule has 0 atom stereocenters. The van der Waals surface area contributed by atoms with Crippen LogP contribution in [0.1, 0.15) is 5.56 Å². The Morgan fingerprint density at radius 1 is 1.29 bits per heavy atom. The van der Waals surface area contributed by atoms with Crippen LogP contribution < -0.4 is 0 Å². The first-order valence-corrected chi connectivity index (χ1v) is 5.20. The molecular formula is C12H10N4O. The van der Waals surface area contributed by atoms with Crippen LogP contribution in [0.25, 0.3) is 22.6 Å². The van der Waals surface area contributed by atoms with E-state index in [1.54, 1.807) is 18.5 Å². The van der Waals surface area contributed by atoms with Gasteiger partial charge in [0.05, 0.1) is 17.3 Å². The van der Waals surface area contributed by atoms with Gasteiger partial charge in [0, 0.05) is 12.4 Å². The maximum absolute atomic E-state index is 9.70. The van der Waals surface area contributed by atoms with Crippen molar-refractivity contribution < 1.29 is 5.11 Å². The van der Waals surface area contributed by atoms with Crippen molar-refractivity contribution in [3.63, 3.8) is 0 Å². The van der Waals surface area contributed by atoms with Gasteiger partial charge in [0.2, 0.25) is 0 Å². The normalized spacial score (nSPS) is 10.9. The highest BCUT2D eigenvalue weighted by molar-refractivity contribution is 5.77. The summed E-state index contributed by atoms with van der Waals surface area (Å²) in [4.78, 5) is 15.5. The fraction of sp³-hybridized carbons (Fsp3) is 0.0833. The Labute approximate surface area is 97.2 Å². The number of H-pyrrole nitrogens is 1. The maximum Gasteiger partial charge on any atom is 0.178 e. The predicted molar refractivity (Wildman–Crippen MR) is 63.5 cm³/mol. The van der Waals surface area contributed by atoms with E-state index in [0.717, 1.165) is 11.1 Å². The average molecular weight is 226 g/mol. The average Bonchev–Trinajstić information content (AvgIpc) is 2.72. The maximum atomic E-state index is 9.70. The van der Waals surface area contributed by atoms with E-state index in [2.05, 4.69) is 19.9 Å². The number of aromatic hydroxyl groups is 1. The summed E-state index contributed by atoms with van der Waals surface area (Å²) >= 11 is 0. The Bertz CT molecular complexity index is 690. The number of hydrogen-bond donors (Lipinski definition) is 2. The Morgan fingerprint density at radius 3 is 3.00 bits per heavy atom. The number of rotatable bonds is 1. The van der Waals surface area contributed by atoms with Crippen molar-refractivity contribution in [1.29, 1.82) is 0 Å². The third-order valence-electron chi connectivity index (χ3n) is 2.53. The molecule has 0 saturated carbocycles. The number of imidazole rings is 1. The van der Waals surface area contributed by atoms with Crippen LogP contribution in [-0.4, -0.2) is 25.0 Å². The van der Waals surface area contributed by atoms with Crippen molar-refractivity contribution in [3.8, 4) is 17.1 Å². The standard InChI is InChI=1S/C12H10N4O/c1-7-4-9-12(14-5-7)16-11(15-9)8-2-3-13-6-10(8)17/h2-6,17H,1H3,(H,14,15,16). The second-order valence-corrected chi connectivity index (χ2v) is 3.86. The smallest absolute Gasteiger partial charge is 0.178 e. The number of nitrogens with zero attached hydrogens (tertiary/aromatic N) is 3. The molecule has 0 amide bonds. The van der Waals surface area contributed by atoms with Gasteiger partial charge in [-0.3, -0.25) is 4.98 Å². The number of nitrogens with one attached hydrogen (secondary N) is 1. The largest absolute Gasteiger partial charge is 0.506 e. The van der Waals surface area contributed by atoms with E-state index in [1.807, 2.05) is 13.0 Å². The molecule has 5 nitrogen and oxygen atoms in total. The SMILES string of the molecule is Cc1cnc2nc(-c3ccncc3O)[nH]c2c1. The summed E-state index contributed by atoms with van der Waals surface area (Å²) in [6, 6.07) is 3.68. The second-order valence-electron chi connectivity index (χ2n) is 3.86. The minimum atomic E-state index is 0.100. The molecule has 0 aromatic carbocycles. The summed E-state index contributed by atoms with van der Waals surface area (Å²) in [5.41, 5.74) is 3.18. The molecule has 0 spiro atoms. The number of fused-ring (bicyclic) bond motifs is 1. The van der Waals surface area contributed by atoms with Gasteiger partial charge >= 0.3 is 0 Å². The van der Waals surface area contributed by atoms with Gasteiger partial charge in [-0.05, 0) is 24.6 Å². The van der Waals surface area contributed by atoms with Gasteiger partial charge in [-0.1, -0.05) is 0 Å². The lowest BCUT2D eigenvalue weighted by Gasteiger charge is -1.98. The van der Waals surface area contributed by atoms with Crippen LogP contribution in [0, 0.1) is 6.92 Å². The minimum absolute atomic E-state index is 0.100. The van der Waals surface area contributed by atoms with Crippen molar-refractivity contribution in [2.75, 3.05) is 0 Å². The first kappa shape index (κ1) is 9.77. The molecule has 3 aromatic heterocycles. The predicted octanol–water partition coefficient (Wildman–Crippen LogP) is 2.03. The zero-order chi connectivity index (χ0) is 11.8. The Hall–Kier alpha value is -2.43.